The van der Waals surface area contributed by atoms with Crippen molar-refractivity contribution in [2.24, 2.45) is 11.3 Å². The Bertz CT molecular complexity index is 276. The predicted octanol–water partition coefficient (Wildman–Crippen LogP) is 2.51. The van der Waals surface area contributed by atoms with Crippen molar-refractivity contribution in [2.45, 2.75) is 59.1 Å². The van der Waals surface area contributed by atoms with E-state index in [-0.39, 0.29) is 0 Å². The van der Waals surface area contributed by atoms with Crippen LogP contribution in [0.25, 0.3) is 0 Å². The van der Waals surface area contributed by atoms with E-state index in [0.29, 0.717) is 17.6 Å². The second-order valence-corrected chi connectivity index (χ2v) is 6.73. The minimum absolute atomic E-state index is 0.320. The van der Waals surface area contributed by atoms with E-state index >= 15 is 0 Å². The molecular weight excluding hydrogens is 236 g/mol. The molecule has 2 rings (SSSR count). The average molecular weight is 268 g/mol. The van der Waals surface area contributed by atoms with Crippen LogP contribution in [0.4, 0.5) is 0 Å². The summed E-state index contributed by atoms with van der Waals surface area (Å²) in [5, 5.41) is 3.81. The first-order valence-electron chi connectivity index (χ1n) is 8.18. The molecule has 0 aromatic carbocycles. The smallest absolute Gasteiger partial charge is 0.0684 e. The fraction of sp³-hybridized carbons (Fsp3) is 1.00. The first-order valence-corrected chi connectivity index (χ1v) is 8.18. The highest BCUT2D eigenvalue weighted by Crippen LogP contribution is 2.51. The van der Waals surface area contributed by atoms with Crippen LogP contribution in [-0.4, -0.2) is 49.8 Å². The average Bonchev–Trinajstić information content (AvgIpc) is 2.42. The number of hydrogen-bond donors (Lipinski definition) is 1. The molecule has 112 valence electrons. The number of fused-ring (bicyclic) bond motifs is 1. The van der Waals surface area contributed by atoms with Crippen molar-refractivity contribution in [3.63, 3.8) is 0 Å². The molecule has 3 atom stereocenters. The van der Waals surface area contributed by atoms with Crippen LogP contribution in [0.1, 0.15) is 47.0 Å². The zero-order valence-electron chi connectivity index (χ0n) is 13.2. The summed E-state index contributed by atoms with van der Waals surface area (Å²) in [7, 11) is 0. The van der Waals surface area contributed by atoms with Gasteiger partial charge in [0.25, 0.3) is 0 Å². The summed E-state index contributed by atoms with van der Waals surface area (Å²) in [5.41, 5.74) is 0.320. The molecule has 0 bridgehead atoms. The van der Waals surface area contributed by atoms with E-state index in [1.807, 2.05) is 0 Å². The Labute approximate surface area is 119 Å². The second-order valence-electron chi connectivity index (χ2n) is 6.73. The summed E-state index contributed by atoms with van der Waals surface area (Å²) in [6.07, 6.45) is 4.35. The van der Waals surface area contributed by atoms with Gasteiger partial charge in [0, 0.05) is 24.0 Å². The third kappa shape index (κ3) is 3.14. The van der Waals surface area contributed by atoms with Crippen molar-refractivity contribution >= 4 is 0 Å². The monoisotopic (exact) mass is 268 g/mol. The molecule has 3 nitrogen and oxygen atoms in total. The SMILES string of the molecule is CCN(CC)CCCNC1C2CCCOC2C1(C)C. The van der Waals surface area contributed by atoms with E-state index in [0.717, 1.165) is 19.1 Å². The highest BCUT2D eigenvalue weighted by Gasteiger charge is 2.57. The Morgan fingerprint density at radius 3 is 2.68 bits per heavy atom. The maximum Gasteiger partial charge on any atom is 0.0684 e. The first-order chi connectivity index (χ1) is 9.11. The molecule has 1 saturated heterocycles. The second kappa shape index (κ2) is 6.55. The van der Waals surface area contributed by atoms with Gasteiger partial charge in [-0.25, -0.2) is 0 Å². The van der Waals surface area contributed by atoms with Crippen LogP contribution >= 0.6 is 0 Å². The van der Waals surface area contributed by atoms with Gasteiger partial charge < -0.3 is 15.0 Å². The maximum atomic E-state index is 5.95. The van der Waals surface area contributed by atoms with E-state index < -0.39 is 0 Å². The molecule has 1 N–H and O–H groups in total. The number of rotatable bonds is 7. The van der Waals surface area contributed by atoms with Crippen molar-refractivity contribution in [3.8, 4) is 0 Å². The topological polar surface area (TPSA) is 24.5 Å². The molecule has 19 heavy (non-hydrogen) atoms. The lowest BCUT2D eigenvalue weighted by atomic mass is 9.55. The van der Waals surface area contributed by atoms with Gasteiger partial charge in [0.15, 0.2) is 0 Å². The fourth-order valence-electron chi connectivity index (χ4n) is 4.04. The third-order valence-corrected chi connectivity index (χ3v) is 5.24. The summed E-state index contributed by atoms with van der Waals surface area (Å²) < 4.78 is 5.95. The van der Waals surface area contributed by atoms with E-state index in [1.54, 1.807) is 0 Å². The molecule has 0 aromatic heterocycles. The van der Waals surface area contributed by atoms with Crippen molar-refractivity contribution in [1.29, 1.82) is 0 Å². The van der Waals surface area contributed by atoms with Crippen LogP contribution in [-0.2, 0) is 4.74 Å². The zero-order valence-corrected chi connectivity index (χ0v) is 13.2. The summed E-state index contributed by atoms with van der Waals surface area (Å²) in [6.45, 7) is 14.9. The lowest BCUT2D eigenvalue weighted by Gasteiger charge is -2.60. The molecule has 0 spiro atoms. The van der Waals surface area contributed by atoms with Crippen LogP contribution in [0.15, 0.2) is 0 Å². The summed E-state index contributed by atoms with van der Waals surface area (Å²) in [6, 6.07) is 0.662. The van der Waals surface area contributed by atoms with Crippen LogP contribution in [0.2, 0.25) is 0 Å². The summed E-state index contributed by atoms with van der Waals surface area (Å²) in [5.74, 6) is 0.761. The van der Waals surface area contributed by atoms with Gasteiger partial charge in [0.2, 0.25) is 0 Å². The summed E-state index contributed by atoms with van der Waals surface area (Å²) in [4.78, 5) is 2.50. The first kappa shape index (κ1) is 15.3. The fourth-order valence-corrected chi connectivity index (χ4v) is 4.04. The van der Waals surface area contributed by atoms with Crippen LogP contribution in [0, 0.1) is 11.3 Å². The predicted molar refractivity (Wildman–Crippen MR) is 80.4 cm³/mol. The van der Waals surface area contributed by atoms with Crippen LogP contribution < -0.4 is 5.32 Å². The van der Waals surface area contributed by atoms with E-state index in [9.17, 15) is 0 Å². The minimum Gasteiger partial charge on any atom is -0.377 e. The van der Waals surface area contributed by atoms with Gasteiger partial charge in [0.05, 0.1) is 6.10 Å². The Kier molecular flexibility index (Phi) is 5.27. The highest BCUT2D eigenvalue weighted by molar-refractivity contribution is 5.10. The van der Waals surface area contributed by atoms with Crippen LogP contribution in [0.5, 0.6) is 0 Å². The number of nitrogens with zero attached hydrogens (tertiary/aromatic N) is 1. The quantitative estimate of drug-likeness (QED) is 0.718. The molecule has 0 radical (unpaired) electrons. The van der Waals surface area contributed by atoms with Gasteiger partial charge in [-0.1, -0.05) is 27.7 Å². The lowest BCUT2D eigenvalue weighted by Crippen LogP contribution is -2.69. The largest absolute Gasteiger partial charge is 0.377 e. The number of ether oxygens (including phenoxy) is 1. The van der Waals surface area contributed by atoms with E-state index in [4.69, 9.17) is 4.74 Å². The Hall–Kier alpha value is -0.120. The van der Waals surface area contributed by atoms with Gasteiger partial charge in [-0.05, 0) is 45.4 Å². The van der Waals surface area contributed by atoms with Crippen LogP contribution in [0.3, 0.4) is 0 Å². The maximum absolute atomic E-state index is 5.95. The molecule has 1 aliphatic carbocycles. The lowest BCUT2D eigenvalue weighted by molar-refractivity contribution is -0.192. The molecule has 1 saturated carbocycles. The Morgan fingerprint density at radius 2 is 2.00 bits per heavy atom. The van der Waals surface area contributed by atoms with Gasteiger partial charge in [0.1, 0.15) is 0 Å². The minimum atomic E-state index is 0.320. The van der Waals surface area contributed by atoms with Gasteiger partial charge >= 0.3 is 0 Å². The van der Waals surface area contributed by atoms with Crippen molar-refractivity contribution in [2.75, 3.05) is 32.8 Å². The summed E-state index contributed by atoms with van der Waals surface area (Å²) >= 11 is 0. The molecule has 0 amide bonds. The zero-order chi connectivity index (χ0) is 13.9. The van der Waals surface area contributed by atoms with E-state index in [1.165, 1.54) is 38.9 Å². The van der Waals surface area contributed by atoms with Crippen molar-refractivity contribution in [3.05, 3.63) is 0 Å². The molecular formula is C16H32N2O. The molecule has 2 fully saturated rings. The molecule has 3 unspecified atom stereocenters. The molecule has 2 aliphatic rings. The Balaban J connectivity index is 1.71. The van der Waals surface area contributed by atoms with Gasteiger partial charge in [-0.3, -0.25) is 0 Å². The standard InChI is InChI=1S/C16H32N2O/c1-5-18(6-2)11-8-10-17-14-13-9-7-12-19-15(13)16(14,3)4/h13-15,17H,5-12H2,1-4H3. The molecule has 1 heterocycles. The van der Waals surface area contributed by atoms with E-state index in [2.05, 4.69) is 37.9 Å². The molecule has 0 aromatic rings. The number of nitrogens with one attached hydrogen (secondary N) is 1. The number of hydrogen-bond acceptors (Lipinski definition) is 3. The van der Waals surface area contributed by atoms with Gasteiger partial charge in [-0.2, -0.15) is 0 Å². The molecule has 1 aliphatic heterocycles. The highest BCUT2D eigenvalue weighted by atomic mass is 16.5. The Morgan fingerprint density at radius 1 is 1.26 bits per heavy atom. The molecule has 3 heteroatoms. The van der Waals surface area contributed by atoms with Crippen molar-refractivity contribution < 1.29 is 4.74 Å². The normalized spacial score (nSPS) is 33.0. The van der Waals surface area contributed by atoms with Gasteiger partial charge in [-0.15, -0.1) is 0 Å². The third-order valence-electron chi connectivity index (χ3n) is 5.24. The van der Waals surface area contributed by atoms with Crippen molar-refractivity contribution in [1.82, 2.24) is 10.2 Å².